The summed E-state index contributed by atoms with van der Waals surface area (Å²) in [5.41, 5.74) is 0.566. The van der Waals surface area contributed by atoms with E-state index in [9.17, 15) is 8.42 Å². The number of ether oxygens (including phenoxy) is 1. The Morgan fingerprint density at radius 1 is 1.42 bits per heavy atom. The fraction of sp³-hybridized carbons (Fsp3) is 0.583. The highest BCUT2D eigenvalue weighted by atomic mass is 32.2. The largest absolute Gasteiger partial charge is 0.383 e. The van der Waals surface area contributed by atoms with Crippen LogP contribution in [0.25, 0.3) is 0 Å². The van der Waals surface area contributed by atoms with Crippen LogP contribution >= 0.6 is 0 Å². The maximum absolute atomic E-state index is 12.5. The van der Waals surface area contributed by atoms with Gasteiger partial charge in [0.25, 0.3) is 10.0 Å². The maximum Gasteiger partial charge on any atom is 0.262 e. The summed E-state index contributed by atoms with van der Waals surface area (Å²) in [5, 5.41) is 3.21. The topological polar surface area (TPSA) is 71.5 Å². The van der Waals surface area contributed by atoms with Gasteiger partial charge < -0.3 is 10.1 Å². The van der Waals surface area contributed by atoms with Gasteiger partial charge in [0.1, 0.15) is 0 Å². The highest BCUT2D eigenvalue weighted by Crippen LogP contribution is 2.22. The molecule has 19 heavy (non-hydrogen) atoms. The summed E-state index contributed by atoms with van der Waals surface area (Å²) in [6.45, 7) is 4.38. The van der Waals surface area contributed by atoms with Crippen LogP contribution in [0.2, 0.25) is 0 Å². The quantitative estimate of drug-likeness (QED) is 0.871. The number of sulfonamides is 1. The molecule has 0 unspecified atom stereocenters. The Balaban J connectivity index is 2.28. The summed E-state index contributed by atoms with van der Waals surface area (Å²) in [6, 6.07) is 3.48. The molecular formula is C12H19N3O3S. The third-order valence-electron chi connectivity index (χ3n) is 2.89. The van der Waals surface area contributed by atoms with E-state index in [1.807, 2.05) is 6.92 Å². The van der Waals surface area contributed by atoms with Crippen LogP contribution in [0.4, 0.5) is 5.69 Å². The number of nitrogens with zero attached hydrogens (tertiary/aromatic N) is 2. The molecule has 6 nitrogen and oxygen atoms in total. The summed E-state index contributed by atoms with van der Waals surface area (Å²) in [7, 11) is -3.54. The Kier molecular flexibility index (Phi) is 4.73. The van der Waals surface area contributed by atoms with Crippen molar-refractivity contribution in [1.82, 2.24) is 9.29 Å². The number of rotatable bonds is 5. The zero-order valence-electron chi connectivity index (χ0n) is 11.0. The summed E-state index contributed by atoms with van der Waals surface area (Å²) in [4.78, 5) is 4.05. The highest BCUT2D eigenvalue weighted by molar-refractivity contribution is 7.89. The van der Waals surface area contributed by atoms with Crippen molar-refractivity contribution < 1.29 is 13.2 Å². The Bertz CT molecular complexity index is 513. The normalized spacial score (nSPS) is 17.3. The molecule has 0 saturated carbocycles. The SMILES string of the molecule is CCCNc1cccnc1S(=O)(=O)N1CCOCC1. The second-order valence-corrected chi connectivity index (χ2v) is 6.15. The maximum atomic E-state index is 12.5. The fourth-order valence-corrected chi connectivity index (χ4v) is 3.39. The van der Waals surface area contributed by atoms with Crippen LogP contribution in [-0.2, 0) is 14.8 Å². The van der Waals surface area contributed by atoms with Gasteiger partial charge in [0, 0.05) is 25.8 Å². The molecule has 2 heterocycles. The van der Waals surface area contributed by atoms with E-state index in [-0.39, 0.29) is 5.03 Å². The van der Waals surface area contributed by atoms with Crippen LogP contribution in [0, 0.1) is 0 Å². The van der Waals surface area contributed by atoms with Crippen molar-refractivity contribution in [1.29, 1.82) is 0 Å². The molecule has 0 aliphatic carbocycles. The summed E-state index contributed by atoms with van der Waals surface area (Å²) in [6.07, 6.45) is 2.43. The van der Waals surface area contributed by atoms with Crippen molar-refractivity contribution in [3.63, 3.8) is 0 Å². The lowest BCUT2D eigenvalue weighted by Crippen LogP contribution is -2.41. The van der Waals surface area contributed by atoms with Crippen molar-refractivity contribution in [2.75, 3.05) is 38.2 Å². The zero-order chi connectivity index (χ0) is 13.7. The molecule has 1 N–H and O–H groups in total. The van der Waals surface area contributed by atoms with Gasteiger partial charge in [-0.2, -0.15) is 4.31 Å². The molecular weight excluding hydrogens is 266 g/mol. The third-order valence-corrected chi connectivity index (χ3v) is 4.75. The first-order valence-corrected chi connectivity index (χ1v) is 7.87. The van der Waals surface area contributed by atoms with Crippen LogP contribution in [0.15, 0.2) is 23.4 Å². The minimum absolute atomic E-state index is 0.102. The molecule has 0 radical (unpaired) electrons. The molecule has 1 aromatic heterocycles. The molecule has 0 aromatic carbocycles. The van der Waals surface area contributed by atoms with Crippen LogP contribution in [0.5, 0.6) is 0 Å². The molecule has 106 valence electrons. The van der Waals surface area contributed by atoms with Gasteiger partial charge in [-0.15, -0.1) is 0 Å². The second kappa shape index (κ2) is 6.31. The molecule has 1 aliphatic heterocycles. The first kappa shape index (κ1) is 14.2. The summed E-state index contributed by atoms with van der Waals surface area (Å²) >= 11 is 0. The number of nitrogens with one attached hydrogen (secondary N) is 1. The molecule has 2 rings (SSSR count). The van der Waals surface area contributed by atoms with Crippen LogP contribution in [0.3, 0.4) is 0 Å². The molecule has 0 bridgehead atoms. The van der Waals surface area contributed by atoms with Gasteiger partial charge in [-0.3, -0.25) is 0 Å². The van der Waals surface area contributed by atoms with Crippen molar-refractivity contribution in [3.8, 4) is 0 Å². The van der Waals surface area contributed by atoms with Crippen LogP contribution < -0.4 is 5.32 Å². The van der Waals surface area contributed by atoms with Gasteiger partial charge in [0.05, 0.1) is 18.9 Å². The summed E-state index contributed by atoms with van der Waals surface area (Å²) in [5.74, 6) is 0. The van der Waals surface area contributed by atoms with Crippen molar-refractivity contribution in [2.24, 2.45) is 0 Å². The van der Waals surface area contributed by atoms with E-state index < -0.39 is 10.0 Å². The number of anilines is 1. The van der Waals surface area contributed by atoms with E-state index in [4.69, 9.17) is 4.74 Å². The molecule has 1 fully saturated rings. The van der Waals surface area contributed by atoms with Gasteiger partial charge in [-0.25, -0.2) is 13.4 Å². The molecule has 0 spiro atoms. The first-order chi connectivity index (χ1) is 9.16. The van der Waals surface area contributed by atoms with Gasteiger partial charge >= 0.3 is 0 Å². The second-order valence-electron chi connectivity index (χ2n) is 4.30. The van der Waals surface area contributed by atoms with Gasteiger partial charge in [-0.05, 0) is 18.6 Å². The van der Waals surface area contributed by atoms with E-state index in [0.29, 0.717) is 32.0 Å². The molecule has 0 amide bonds. The first-order valence-electron chi connectivity index (χ1n) is 6.43. The number of pyridine rings is 1. The van der Waals surface area contributed by atoms with Crippen molar-refractivity contribution in [2.45, 2.75) is 18.4 Å². The molecule has 1 aliphatic rings. The van der Waals surface area contributed by atoms with Crippen molar-refractivity contribution >= 4 is 15.7 Å². The number of aromatic nitrogens is 1. The minimum atomic E-state index is -3.54. The van der Waals surface area contributed by atoms with E-state index in [1.54, 1.807) is 12.1 Å². The van der Waals surface area contributed by atoms with E-state index in [1.165, 1.54) is 10.5 Å². The predicted octanol–water partition coefficient (Wildman–Crippen LogP) is 0.924. The number of hydrogen-bond donors (Lipinski definition) is 1. The Labute approximate surface area is 113 Å². The molecule has 1 aromatic rings. The Hall–Kier alpha value is -1.18. The smallest absolute Gasteiger partial charge is 0.262 e. The average molecular weight is 285 g/mol. The lowest BCUT2D eigenvalue weighted by Gasteiger charge is -2.26. The lowest BCUT2D eigenvalue weighted by molar-refractivity contribution is 0.0729. The summed E-state index contributed by atoms with van der Waals surface area (Å²) < 4.78 is 31.7. The van der Waals surface area contributed by atoms with Crippen LogP contribution in [0.1, 0.15) is 13.3 Å². The molecule has 0 atom stereocenters. The monoisotopic (exact) mass is 285 g/mol. The Morgan fingerprint density at radius 2 is 2.16 bits per heavy atom. The number of hydrogen-bond acceptors (Lipinski definition) is 5. The molecule has 7 heteroatoms. The van der Waals surface area contributed by atoms with E-state index in [0.717, 1.165) is 13.0 Å². The number of morpholine rings is 1. The zero-order valence-corrected chi connectivity index (χ0v) is 11.8. The average Bonchev–Trinajstić information content (AvgIpc) is 2.46. The molecule has 1 saturated heterocycles. The van der Waals surface area contributed by atoms with Crippen LogP contribution in [-0.4, -0.2) is 50.6 Å². The van der Waals surface area contributed by atoms with Crippen molar-refractivity contribution in [3.05, 3.63) is 18.3 Å². The van der Waals surface area contributed by atoms with Gasteiger partial charge in [0.2, 0.25) is 0 Å². The Morgan fingerprint density at radius 3 is 2.84 bits per heavy atom. The van der Waals surface area contributed by atoms with Gasteiger partial charge in [0.15, 0.2) is 5.03 Å². The third kappa shape index (κ3) is 3.23. The predicted molar refractivity (Wildman–Crippen MR) is 72.6 cm³/mol. The van der Waals surface area contributed by atoms with E-state index in [2.05, 4.69) is 10.3 Å². The van der Waals surface area contributed by atoms with E-state index >= 15 is 0 Å². The fourth-order valence-electron chi connectivity index (χ4n) is 1.90. The standard InChI is InChI=1S/C12H19N3O3S/c1-2-5-13-11-4-3-6-14-12(11)19(16,17)15-7-9-18-10-8-15/h3-4,6,13H,2,5,7-10H2,1H3. The lowest BCUT2D eigenvalue weighted by atomic mass is 10.4. The minimum Gasteiger partial charge on any atom is -0.383 e. The van der Waals surface area contributed by atoms with Gasteiger partial charge in [-0.1, -0.05) is 6.92 Å². The highest BCUT2D eigenvalue weighted by Gasteiger charge is 2.29.